The number of hydrogen-bond acceptors (Lipinski definition) is 4. The van der Waals surface area contributed by atoms with E-state index in [-0.39, 0.29) is 0 Å². The normalized spacial score (nSPS) is 22.1. The second-order valence-corrected chi connectivity index (χ2v) is 6.06. The molecule has 1 aromatic heterocycles. The maximum atomic E-state index is 6.24. The van der Waals surface area contributed by atoms with Crippen LogP contribution in [0.1, 0.15) is 31.2 Å². The number of H-pyrrole nitrogens is 1. The Morgan fingerprint density at radius 1 is 1.27 bits per heavy atom. The van der Waals surface area contributed by atoms with Crippen molar-refractivity contribution in [3.63, 3.8) is 0 Å². The number of fused-ring (bicyclic) bond motifs is 1. The van der Waals surface area contributed by atoms with Crippen molar-refractivity contribution < 1.29 is 9.47 Å². The van der Waals surface area contributed by atoms with E-state index in [0.29, 0.717) is 12.1 Å². The highest BCUT2D eigenvalue weighted by atomic mass is 16.5. The molecule has 0 unspecified atom stereocenters. The Bertz CT molecular complexity index is 603. The molecule has 2 aromatic rings. The molecular weight excluding hydrogens is 278 g/mol. The molecule has 1 aliphatic rings. The highest BCUT2D eigenvalue weighted by molar-refractivity contribution is 5.83. The molecule has 22 heavy (non-hydrogen) atoms. The van der Waals surface area contributed by atoms with E-state index in [4.69, 9.17) is 9.47 Å². The lowest BCUT2D eigenvalue weighted by molar-refractivity contribution is 0.134. The van der Waals surface area contributed by atoms with Crippen molar-refractivity contribution in [2.75, 3.05) is 20.3 Å². The van der Waals surface area contributed by atoms with Gasteiger partial charge in [-0.05, 0) is 44.7 Å². The van der Waals surface area contributed by atoms with Crippen LogP contribution in [0.4, 0.5) is 0 Å². The second kappa shape index (κ2) is 7.11. The van der Waals surface area contributed by atoms with E-state index >= 15 is 0 Å². The summed E-state index contributed by atoms with van der Waals surface area (Å²) in [6.45, 7) is 3.81. The molecule has 1 fully saturated rings. The van der Waals surface area contributed by atoms with E-state index in [9.17, 15) is 0 Å². The Kier molecular flexibility index (Phi) is 4.95. The van der Waals surface area contributed by atoms with Gasteiger partial charge in [-0.1, -0.05) is 0 Å². The lowest BCUT2D eigenvalue weighted by Crippen LogP contribution is -2.37. The highest BCUT2D eigenvalue weighted by Crippen LogP contribution is 2.29. The standard InChI is InChI=1S/C17H25N3O2/c1-12-15-11-19-20-16(15)7-8-17(12)22-14-5-3-13(4-6-14)18-9-10-21-2/h7-8,11,13-14,18H,3-6,9-10H2,1-2H3,(H,19,20)/t13-,14-. The highest BCUT2D eigenvalue weighted by Gasteiger charge is 2.22. The van der Waals surface area contributed by atoms with Gasteiger partial charge >= 0.3 is 0 Å². The van der Waals surface area contributed by atoms with Gasteiger partial charge in [0.15, 0.2) is 0 Å². The van der Waals surface area contributed by atoms with Crippen molar-refractivity contribution in [3.8, 4) is 5.75 Å². The van der Waals surface area contributed by atoms with Crippen LogP contribution in [0.25, 0.3) is 10.9 Å². The third-order valence-electron chi connectivity index (χ3n) is 4.55. The molecule has 2 N–H and O–H groups in total. The largest absolute Gasteiger partial charge is 0.490 e. The quantitative estimate of drug-likeness (QED) is 0.806. The van der Waals surface area contributed by atoms with Gasteiger partial charge in [-0.15, -0.1) is 0 Å². The average Bonchev–Trinajstić information content (AvgIpc) is 3.01. The SMILES string of the molecule is COCCN[C@H]1CC[C@H](Oc2ccc3[nH]ncc3c2C)CC1. The average molecular weight is 303 g/mol. The maximum Gasteiger partial charge on any atom is 0.123 e. The third-order valence-corrected chi connectivity index (χ3v) is 4.55. The molecule has 0 atom stereocenters. The maximum absolute atomic E-state index is 6.24. The zero-order valence-corrected chi connectivity index (χ0v) is 13.4. The fourth-order valence-electron chi connectivity index (χ4n) is 3.20. The van der Waals surface area contributed by atoms with Gasteiger partial charge in [0.05, 0.1) is 24.4 Å². The summed E-state index contributed by atoms with van der Waals surface area (Å²) in [7, 11) is 1.74. The van der Waals surface area contributed by atoms with E-state index in [0.717, 1.165) is 42.6 Å². The van der Waals surface area contributed by atoms with Crippen LogP contribution in [-0.4, -0.2) is 42.6 Å². The molecular formula is C17H25N3O2. The summed E-state index contributed by atoms with van der Waals surface area (Å²) in [6, 6.07) is 4.70. The number of aromatic amines is 1. The number of benzene rings is 1. The molecule has 0 aliphatic heterocycles. The number of nitrogens with one attached hydrogen (secondary N) is 2. The number of ether oxygens (including phenoxy) is 2. The third kappa shape index (κ3) is 3.42. The van der Waals surface area contributed by atoms with E-state index in [1.165, 1.54) is 18.4 Å². The van der Waals surface area contributed by atoms with E-state index in [2.05, 4.69) is 28.5 Å². The molecule has 120 valence electrons. The first-order chi connectivity index (χ1) is 10.8. The molecule has 0 saturated heterocycles. The van der Waals surface area contributed by atoms with Crippen LogP contribution >= 0.6 is 0 Å². The lowest BCUT2D eigenvalue weighted by Gasteiger charge is -2.30. The van der Waals surface area contributed by atoms with Crippen molar-refractivity contribution in [1.82, 2.24) is 15.5 Å². The molecule has 1 saturated carbocycles. The number of nitrogens with zero attached hydrogens (tertiary/aromatic N) is 1. The first-order valence-corrected chi connectivity index (χ1v) is 8.09. The minimum Gasteiger partial charge on any atom is -0.490 e. The van der Waals surface area contributed by atoms with Crippen molar-refractivity contribution in [3.05, 3.63) is 23.9 Å². The summed E-state index contributed by atoms with van der Waals surface area (Å²) >= 11 is 0. The van der Waals surface area contributed by atoms with Crippen molar-refractivity contribution in [2.45, 2.75) is 44.8 Å². The van der Waals surface area contributed by atoms with Gasteiger partial charge in [0.1, 0.15) is 5.75 Å². The Morgan fingerprint density at radius 2 is 2.09 bits per heavy atom. The molecule has 0 amide bonds. The summed E-state index contributed by atoms with van der Waals surface area (Å²) in [6.07, 6.45) is 6.74. The number of aromatic nitrogens is 2. The molecule has 1 heterocycles. The smallest absolute Gasteiger partial charge is 0.123 e. The fraction of sp³-hybridized carbons (Fsp3) is 0.588. The van der Waals surface area contributed by atoms with E-state index < -0.39 is 0 Å². The number of hydrogen-bond donors (Lipinski definition) is 2. The van der Waals surface area contributed by atoms with Crippen molar-refractivity contribution >= 4 is 10.9 Å². The predicted molar refractivity (Wildman–Crippen MR) is 87.4 cm³/mol. The van der Waals surface area contributed by atoms with Crippen LogP contribution in [-0.2, 0) is 4.74 Å². The van der Waals surface area contributed by atoms with Crippen LogP contribution in [0.2, 0.25) is 0 Å². The summed E-state index contributed by atoms with van der Waals surface area (Å²) in [4.78, 5) is 0. The number of rotatable bonds is 6. The predicted octanol–water partition coefficient (Wildman–Crippen LogP) is 2.80. The van der Waals surface area contributed by atoms with Crippen LogP contribution in [0.15, 0.2) is 18.3 Å². The summed E-state index contributed by atoms with van der Waals surface area (Å²) in [5, 5.41) is 11.8. The Balaban J connectivity index is 1.54. The number of methoxy groups -OCH3 is 1. The molecule has 1 aromatic carbocycles. The molecule has 5 nitrogen and oxygen atoms in total. The minimum absolute atomic E-state index is 0.323. The van der Waals surface area contributed by atoms with Crippen LogP contribution in [0.5, 0.6) is 5.75 Å². The first-order valence-electron chi connectivity index (χ1n) is 8.09. The zero-order valence-electron chi connectivity index (χ0n) is 13.4. The van der Waals surface area contributed by atoms with Gasteiger partial charge < -0.3 is 14.8 Å². The fourth-order valence-corrected chi connectivity index (χ4v) is 3.20. The Labute approximate surface area is 131 Å². The Hall–Kier alpha value is -1.59. The first kappa shape index (κ1) is 15.3. The monoisotopic (exact) mass is 303 g/mol. The van der Waals surface area contributed by atoms with Gasteiger partial charge in [-0.25, -0.2) is 0 Å². The molecule has 0 spiro atoms. The molecule has 3 rings (SSSR count). The minimum atomic E-state index is 0.323. The van der Waals surface area contributed by atoms with E-state index in [1.807, 2.05) is 12.3 Å². The topological polar surface area (TPSA) is 59.2 Å². The summed E-state index contributed by atoms with van der Waals surface area (Å²) in [5.41, 5.74) is 2.24. The molecule has 5 heteroatoms. The van der Waals surface area contributed by atoms with Gasteiger partial charge in [0.2, 0.25) is 0 Å². The van der Waals surface area contributed by atoms with Crippen molar-refractivity contribution in [2.24, 2.45) is 0 Å². The number of aryl methyl sites for hydroxylation is 1. The second-order valence-electron chi connectivity index (χ2n) is 6.06. The summed E-state index contributed by atoms with van der Waals surface area (Å²) < 4.78 is 11.3. The van der Waals surface area contributed by atoms with Gasteiger partial charge in [-0.3, -0.25) is 5.10 Å². The van der Waals surface area contributed by atoms with E-state index in [1.54, 1.807) is 7.11 Å². The molecule has 0 radical (unpaired) electrons. The molecule has 1 aliphatic carbocycles. The molecule has 0 bridgehead atoms. The Morgan fingerprint density at radius 3 is 2.86 bits per heavy atom. The van der Waals surface area contributed by atoms with Crippen LogP contribution < -0.4 is 10.1 Å². The van der Waals surface area contributed by atoms with Gasteiger partial charge in [-0.2, -0.15) is 5.10 Å². The van der Waals surface area contributed by atoms with Gasteiger partial charge in [0.25, 0.3) is 0 Å². The van der Waals surface area contributed by atoms with Crippen LogP contribution in [0, 0.1) is 6.92 Å². The van der Waals surface area contributed by atoms with Gasteiger partial charge in [0, 0.05) is 30.6 Å². The van der Waals surface area contributed by atoms with Crippen LogP contribution in [0.3, 0.4) is 0 Å². The van der Waals surface area contributed by atoms with Crippen molar-refractivity contribution in [1.29, 1.82) is 0 Å². The zero-order chi connectivity index (χ0) is 15.4. The lowest BCUT2D eigenvalue weighted by atomic mass is 9.93. The summed E-state index contributed by atoms with van der Waals surface area (Å²) in [5.74, 6) is 0.990.